The summed E-state index contributed by atoms with van der Waals surface area (Å²) in [7, 11) is 0. The fourth-order valence-electron chi connectivity index (χ4n) is 4.98. The van der Waals surface area contributed by atoms with Crippen LogP contribution in [0.25, 0.3) is 17.4 Å². The van der Waals surface area contributed by atoms with Crippen LogP contribution in [0.3, 0.4) is 0 Å². The number of carbonyl (C=O) groups is 3. The first kappa shape index (κ1) is 34.0. The maximum atomic E-state index is 13.6. The molecule has 0 spiro atoms. The van der Waals surface area contributed by atoms with Gasteiger partial charge in [0.1, 0.15) is 22.5 Å². The van der Waals surface area contributed by atoms with Crippen LogP contribution in [0.4, 0.5) is 11.4 Å². The molecule has 1 atom stereocenters. The standard InChI is InChI=1S/C41H32ClN3O4S/c1-27-12-14-28(15-13-27)37-25-22-34(49-37)26-36(45-39(46)30-10-6-3-7-11-30)40(47)43-33-20-23-35(24-21-33)50-38(29-8-4-2-5-9-29)41(48)44-32-18-16-31(42)17-19-32/h2-26,38H,1H3,(H,43,47)(H,44,48)(H,45,46)/b36-26-/t38-/m1/s1. The van der Waals surface area contributed by atoms with Crippen molar-refractivity contribution in [3.8, 4) is 11.3 Å². The average molecular weight is 698 g/mol. The molecule has 0 fully saturated rings. The lowest BCUT2D eigenvalue weighted by Gasteiger charge is -2.17. The number of furan rings is 1. The van der Waals surface area contributed by atoms with E-state index in [1.54, 1.807) is 66.7 Å². The SMILES string of the molecule is Cc1ccc(-c2ccc(/C=C(\NC(=O)c3ccccc3)C(=O)Nc3ccc(S[C@@H](C(=O)Nc4ccc(Cl)cc4)c4ccccc4)cc3)o2)cc1. The van der Waals surface area contributed by atoms with Crippen molar-refractivity contribution >= 4 is 58.5 Å². The number of anilines is 2. The van der Waals surface area contributed by atoms with Crippen LogP contribution in [0.15, 0.2) is 161 Å². The molecule has 0 bridgehead atoms. The molecule has 0 aliphatic rings. The van der Waals surface area contributed by atoms with Crippen molar-refractivity contribution in [1.29, 1.82) is 0 Å². The molecule has 0 saturated heterocycles. The predicted octanol–water partition coefficient (Wildman–Crippen LogP) is 9.79. The molecule has 0 unspecified atom stereocenters. The van der Waals surface area contributed by atoms with Crippen molar-refractivity contribution < 1.29 is 18.8 Å². The molecule has 5 aromatic carbocycles. The summed E-state index contributed by atoms with van der Waals surface area (Å²) in [5.74, 6) is -0.127. The molecule has 0 aliphatic carbocycles. The van der Waals surface area contributed by atoms with Crippen LogP contribution >= 0.6 is 23.4 Å². The second kappa shape index (κ2) is 16.0. The lowest BCUT2D eigenvalue weighted by molar-refractivity contribution is -0.116. The van der Waals surface area contributed by atoms with Gasteiger partial charge in [0.15, 0.2) is 0 Å². The van der Waals surface area contributed by atoms with E-state index in [2.05, 4.69) is 16.0 Å². The van der Waals surface area contributed by atoms with E-state index < -0.39 is 17.1 Å². The second-order valence-corrected chi connectivity index (χ2v) is 12.9. The van der Waals surface area contributed by atoms with Crippen molar-refractivity contribution in [2.24, 2.45) is 0 Å². The monoisotopic (exact) mass is 697 g/mol. The van der Waals surface area contributed by atoms with Crippen molar-refractivity contribution in [2.75, 3.05) is 10.6 Å². The number of halogens is 1. The van der Waals surface area contributed by atoms with Gasteiger partial charge in [-0.2, -0.15) is 0 Å². The summed E-state index contributed by atoms with van der Waals surface area (Å²) in [6.07, 6.45) is 1.50. The quantitative estimate of drug-likeness (QED) is 0.0925. The molecule has 7 nitrogen and oxygen atoms in total. The third-order valence-corrected chi connectivity index (χ3v) is 9.11. The second-order valence-electron chi connectivity index (χ2n) is 11.3. The fourth-order valence-corrected chi connectivity index (χ4v) is 6.13. The van der Waals surface area contributed by atoms with Gasteiger partial charge in [-0.05, 0) is 85.3 Å². The Labute approximate surface area is 299 Å². The minimum absolute atomic E-state index is 0.00474. The minimum atomic E-state index is -0.548. The van der Waals surface area contributed by atoms with Crippen LogP contribution in [-0.2, 0) is 9.59 Å². The largest absolute Gasteiger partial charge is 0.457 e. The Kier molecular flexibility index (Phi) is 10.9. The molecule has 3 amide bonds. The molecular formula is C41H32ClN3O4S. The van der Waals surface area contributed by atoms with E-state index in [0.717, 1.165) is 21.6 Å². The highest BCUT2D eigenvalue weighted by atomic mass is 35.5. The molecule has 0 radical (unpaired) electrons. The molecule has 9 heteroatoms. The number of aryl methyl sites for hydroxylation is 1. The lowest BCUT2D eigenvalue weighted by Crippen LogP contribution is -2.30. The molecule has 3 N–H and O–H groups in total. The van der Waals surface area contributed by atoms with E-state index in [0.29, 0.717) is 33.5 Å². The first-order valence-corrected chi connectivity index (χ1v) is 17.0. The summed E-state index contributed by atoms with van der Waals surface area (Å²) in [6.45, 7) is 2.01. The molecule has 1 aromatic heterocycles. The number of hydrogen-bond acceptors (Lipinski definition) is 5. The number of carbonyl (C=O) groups excluding carboxylic acids is 3. The van der Waals surface area contributed by atoms with E-state index in [1.165, 1.54) is 17.8 Å². The Morgan fingerprint density at radius 1 is 0.700 bits per heavy atom. The highest BCUT2D eigenvalue weighted by Crippen LogP contribution is 2.37. The Morgan fingerprint density at radius 3 is 2.00 bits per heavy atom. The van der Waals surface area contributed by atoms with Gasteiger partial charge < -0.3 is 20.4 Å². The maximum Gasteiger partial charge on any atom is 0.272 e. The Balaban J connectivity index is 1.20. The van der Waals surface area contributed by atoms with Gasteiger partial charge >= 0.3 is 0 Å². The highest BCUT2D eigenvalue weighted by molar-refractivity contribution is 8.00. The number of amides is 3. The summed E-state index contributed by atoms with van der Waals surface area (Å²) in [5.41, 5.74) is 4.41. The van der Waals surface area contributed by atoms with E-state index in [1.807, 2.05) is 85.8 Å². The Hall–Kier alpha value is -5.83. The molecule has 0 saturated carbocycles. The van der Waals surface area contributed by atoms with Crippen LogP contribution in [0.1, 0.15) is 32.5 Å². The number of thioether (sulfide) groups is 1. The van der Waals surface area contributed by atoms with Crippen molar-refractivity contribution in [2.45, 2.75) is 17.1 Å². The summed E-state index contributed by atoms with van der Waals surface area (Å²) >= 11 is 7.40. The van der Waals surface area contributed by atoms with Crippen LogP contribution in [-0.4, -0.2) is 17.7 Å². The molecule has 248 valence electrons. The van der Waals surface area contributed by atoms with Crippen LogP contribution in [0.2, 0.25) is 5.02 Å². The van der Waals surface area contributed by atoms with E-state index in [9.17, 15) is 14.4 Å². The molecule has 6 rings (SSSR count). The maximum absolute atomic E-state index is 13.6. The number of benzene rings is 5. The van der Waals surface area contributed by atoms with Crippen LogP contribution < -0.4 is 16.0 Å². The van der Waals surface area contributed by atoms with Crippen molar-refractivity contribution in [3.63, 3.8) is 0 Å². The van der Waals surface area contributed by atoms with Crippen LogP contribution in [0, 0.1) is 6.92 Å². The zero-order valence-electron chi connectivity index (χ0n) is 26.9. The fraction of sp³-hybridized carbons (Fsp3) is 0.0488. The van der Waals surface area contributed by atoms with E-state index in [-0.39, 0.29) is 11.6 Å². The van der Waals surface area contributed by atoms with Gasteiger partial charge in [0, 0.05) is 38.5 Å². The van der Waals surface area contributed by atoms with Gasteiger partial charge in [-0.1, -0.05) is 90.0 Å². The van der Waals surface area contributed by atoms with Gasteiger partial charge in [-0.15, -0.1) is 11.8 Å². The highest BCUT2D eigenvalue weighted by Gasteiger charge is 2.23. The first-order valence-electron chi connectivity index (χ1n) is 15.8. The predicted molar refractivity (Wildman–Crippen MR) is 201 cm³/mol. The van der Waals surface area contributed by atoms with E-state index >= 15 is 0 Å². The molecule has 1 heterocycles. The average Bonchev–Trinajstić information content (AvgIpc) is 3.61. The topological polar surface area (TPSA) is 100 Å². The first-order chi connectivity index (χ1) is 24.3. The summed E-state index contributed by atoms with van der Waals surface area (Å²) in [5, 5.41) is 8.62. The van der Waals surface area contributed by atoms with Gasteiger partial charge in [-0.25, -0.2) is 0 Å². The molecular weight excluding hydrogens is 666 g/mol. The summed E-state index contributed by atoms with van der Waals surface area (Å²) in [6, 6.07) is 43.8. The number of rotatable bonds is 11. The van der Waals surface area contributed by atoms with E-state index in [4.69, 9.17) is 16.0 Å². The lowest BCUT2D eigenvalue weighted by atomic mass is 10.1. The van der Waals surface area contributed by atoms with Crippen molar-refractivity contribution in [3.05, 3.63) is 179 Å². The zero-order chi connectivity index (χ0) is 34.9. The summed E-state index contributed by atoms with van der Waals surface area (Å²) in [4.78, 5) is 41.0. The normalized spacial score (nSPS) is 11.8. The Bertz CT molecular complexity index is 2110. The van der Waals surface area contributed by atoms with Crippen molar-refractivity contribution in [1.82, 2.24) is 5.32 Å². The minimum Gasteiger partial charge on any atom is -0.457 e. The smallest absolute Gasteiger partial charge is 0.272 e. The Morgan fingerprint density at radius 2 is 1.32 bits per heavy atom. The van der Waals surface area contributed by atoms with Gasteiger partial charge in [0.05, 0.1) is 0 Å². The molecule has 50 heavy (non-hydrogen) atoms. The third kappa shape index (κ3) is 8.99. The third-order valence-electron chi connectivity index (χ3n) is 7.60. The summed E-state index contributed by atoms with van der Waals surface area (Å²) < 4.78 is 6.03. The van der Waals surface area contributed by atoms with Gasteiger partial charge in [-0.3, -0.25) is 14.4 Å². The molecule has 6 aromatic rings. The van der Waals surface area contributed by atoms with Gasteiger partial charge in [0.2, 0.25) is 5.91 Å². The molecule has 0 aliphatic heterocycles. The van der Waals surface area contributed by atoms with Crippen LogP contribution in [0.5, 0.6) is 0 Å². The van der Waals surface area contributed by atoms with Gasteiger partial charge in [0.25, 0.3) is 11.8 Å². The number of hydrogen-bond donors (Lipinski definition) is 3. The number of nitrogens with one attached hydrogen (secondary N) is 3. The zero-order valence-corrected chi connectivity index (χ0v) is 28.5.